The summed E-state index contributed by atoms with van der Waals surface area (Å²) in [5, 5.41) is 8.67. The van der Waals surface area contributed by atoms with Crippen molar-refractivity contribution in [2.75, 3.05) is 7.05 Å². The summed E-state index contributed by atoms with van der Waals surface area (Å²) in [5.74, 6) is 1.13. The molecule has 0 saturated carbocycles. The number of aromatic nitrogens is 2. The first kappa shape index (κ1) is 18.9. The first-order chi connectivity index (χ1) is 12.8. The average molecular weight is 386 g/mol. The van der Waals surface area contributed by atoms with Gasteiger partial charge in [-0.05, 0) is 50.2 Å². The third-order valence-corrected chi connectivity index (χ3v) is 4.16. The fraction of sp³-hybridized carbons (Fsp3) is 0.250. The second-order valence-electron chi connectivity index (χ2n) is 6.59. The molecule has 3 rings (SSSR count). The van der Waals surface area contributed by atoms with Crippen LogP contribution in [0.25, 0.3) is 11.5 Å². The monoisotopic (exact) mass is 385 g/mol. The summed E-state index contributed by atoms with van der Waals surface area (Å²) in [6.07, 6.45) is 0. The summed E-state index contributed by atoms with van der Waals surface area (Å²) in [6.45, 7) is 3.61. The largest absolute Gasteiger partial charge is 0.478 e. The van der Waals surface area contributed by atoms with Crippen molar-refractivity contribution >= 4 is 17.5 Å². The highest BCUT2D eigenvalue weighted by atomic mass is 35.5. The van der Waals surface area contributed by atoms with Crippen molar-refractivity contribution in [1.29, 1.82) is 0 Å². The Kier molecular flexibility index (Phi) is 5.46. The van der Waals surface area contributed by atoms with Crippen molar-refractivity contribution in [3.05, 3.63) is 65.5 Å². The number of rotatable bonds is 6. The molecule has 3 aromatic rings. The van der Waals surface area contributed by atoms with Crippen LogP contribution >= 0.6 is 11.6 Å². The van der Waals surface area contributed by atoms with Crippen LogP contribution in [0.3, 0.4) is 0 Å². The van der Waals surface area contributed by atoms with Crippen LogP contribution in [0.4, 0.5) is 0 Å². The maximum atomic E-state index is 12.8. The predicted octanol–water partition coefficient (Wildman–Crippen LogP) is 4.21. The van der Waals surface area contributed by atoms with Gasteiger partial charge in [0, 0.05) is 17.6 Å². The Hall–Kier alpha value is -2.86. The molecular formula is C20H20ClN3O3. The highest BCUT2D eigenvalue weighted by Crippen LogP contribution is 2.23. The fourth-order valence-corrected chi connectivity index (χ4v) is 2.72. The molecule has 2 aromatic carbocycles. The molecule has 0 aliphatic heterocycles. The van der Waals surface area contributed by atoms with Crippen LogP contribution in [0, 0.1) is 0 Å². The summed E-state index contributed by atoms with van der Waals surface area (Å²) in [7, 11) is 1.67. The quantitative estimate of drug-likeness (QED) is 0.635. The van der Waals surface area contributed by atoms with Gasteiger partial charge in [-0.1, -0.05) is 29.8 Å². The lowest BCUT2D eigenvalue weighted by atomic mass is 10.1. The molecule has 1 amide bonds. The van der Waals surface area contributed by atoms with Gasteiger partial charge >= 0.3 is 0 Å². The van der Waals surface area contributed by atoms with Crippen molar-refractivity contribution in [2.45, 2.75) is 26.0 Å². The normalized spacial score (nSPS) is 11.3. The Morgan fingerprint density at radius 1 is 1.11 bits per heavy atom. The van der Waals surface area contributed by atoms with E-state index in [-0.39, 0.29) is 12.5 Å². The van der Waals surface area contributed by atoms with E-state index in [1.807, 2.05) is 30.3 Å². The van der Waals surface area contributed by atoms with E-state index in [2.05, 4.69) is 10.2 Å². The Morgan fingerprint density at radius 2 is 1.78 bits per heavy atom. The Balaban J connectivity index is 1.66. The van der Waals surface area contributed by atoms with Gasteiger partial charge in [0.25, 0.3) is 5.91 Å². The molecule has 0 unspecified atom stereocenters. The smallest absolute Gasteiger partial charge is 0.266 e. The molecule has 0 saturated heterocycles. The number of ether oxygens (including phenoxy) is 1. The molecule has 140 valence electrons. The summed E-state index contributed by atoms with van der Waals surface area (Å²) in [6, 6.07) is 16.3. The summed E-state index contributed by atoms with van der Waals surface area (Å²) in [4.78, 5) is 14.3. The Morgan fingerprint density at radius 3 is 2.44 bits per heavy atom. The predicted molar refractivity (Wildman–Crippen MR) is 102 cm³/mol. The van der Waals surface area contributed by atoms with E-state index in [0.29, 0.717) is 22.6 Å². The van der Waals surface area contributed by atoms with E-state index in [1.165, 1.54) is 4.90 Å². The molecule has 0 spiro atoms. The van der Waals surface area contributed by atoms with Crippen LogP contribution in [0.2, 0.25) is 5.02 Å². The standard InChI is InChI=1S/C20H20ClN3O3/c1-20(2,27-16-11-9-15(21)10-12-16)19(25)24(3)13-17-22-23-18(26-17)14-7-5-4-6-8-14/h4-12H,13H2,1-3H3. The topological polar surface area (TPSA) is 68.5 Å². The van der Waals surface area contributed by atoms with Crippen LogP contribution in [0.5, 0.6) is 5.75 Å². The minimum Gasteiger partial charge on any atom is -0.478 e. The molecule has 0 atom stereocenters. The second kappa shape index (κ2) is 7.80. The van der Waals surface area contributed by atoms with E-state index in [4.69, 9.17) is 20.8 Å². The highest BCUT2D eigenvalue weighted by molar-refractivity contribution is 6.30. The van der Waals surface area contributed by atoms with Gasteiger partial charge in [-0.3, -0.25) is 4.79 Å². The molecule has 0 fully saturated rings. The molecule has 0 aliphatic rings. The van der Waals surface area contributed by atoms with E-state index >= 15 is 0 Å². The SMILES string of the molecule is CN(Cc1nnc(-c2ccccc2)o1)C(=O)C(C)(C)Oc1ccc(Cl)cc1. The van der Waals surface area contributed by atoms with Gasteiger partial charge in [0.05, 0.1) is 6.54 Å². The molecule has 0 N–H and O–H groups in total. The Labute approximate surface area is 162 Å². The van der Waals surface area contributed by atoms with E-state index in [1.54, 1.807) is 45.2 Å². The van der Waals surface area contributed by atoms with E-state index in [9.17, 15) is 4.79 Å². The molecule has 0 aliphatic carbocycles. The number of nitrogens with zero attached hydrogens (tertiary/aromatic N) is 3. The van der Waals surface area contributed by atoms with Gasteiger partial charge in [-0.2, -0.15) is 0 Å². The van der Waals surface area contributed by atoms with Crippen LogP contribution in [0.15, 0.2) is 59.0 Å². The summed E-state index contributed by atoms with van der Waals surface area (Å²) < 4.78 is 11.5. The highest BCUT2D eigenvalue weighted by Gasteiger charge is 2.33. The molecule has 0 bridgehead atoms. The van der Waals surface area contributed by atoms with Crippen molar-refractivity contribution in [2.24, 2.45) is 0 Å². The molecule has 6 nitrogen and oxygen atoms in total. The fourth-order valence-electron chi connectivity index (χ4n) is 2.59. The molecule has 1 aromatic heterocycles. The van der Waals surface area contributed by atoms with Gasteiger partial charge in [0.1, 0.15) is 5.75 Å². The first-order valence-corrected chi connectivity index (χ1v) is 8.81. The van der Waals surface area contributed by atoms with Gasteiger partial charge in [-0.15, -0.1) is 10.2 Å². The van der Waals surface area contributed by atoms with E-state index < -0.39 is 5.60 Å². The van der Waals surface area contributed by atoms with Gasteiger partial charge in [0.15, 0.2) is 5.60 Å². The van der Waals surface area contributed by atoms with Gasteiger partial charge in [-0.25, -0.2) is 0 Å². The van der Waals surface area contributed by atoms with Crippen molar-refractivity contribution < 1.29 is 13.9 Å². The number of amides is 1. The number of likely N-dealkylation sites (N-methyl/N-ethyl adjacent to an activating group) is 1. The number of carbonyl (C=O) groups is 1. The lowest BCUT2D eigenvalue weighted by Crippen LogP contribution is -2.47. The third kappa shape index (κ3) is 4.65. The lowest BCUT2D eigenvalue weighted by Gasteiger charge is -2.29. The zero-order chi connectivity index (χ0) is 19.4. The van der Waals surface area contributed by atoms with Crippen molar-refractivity contribution in [3.8, 4) is 17.2 Å². The van der Waals surface area contributed by atoms with Gasteiger partial charge < -0.3 is 14.1 Å². The lowest BCUT2D eigenvalue weighted by molar-refractivity contribution is -0.144. The van der Waals surface area contributed by atoms with Crippen LogP contribution in [-0.2, 0) is 11.3 Å². The first-order valence-electron chi connectivity index (χ1n) is 8.43. The van der Waals surface area contributed by atoms with Crippen LogP contribution in [0.1, 0.15) is 19.7 Å². The Bertz CT molecular complexity index is 908. The number of halogens is 1. The van der Waals surface area contributed by atoms with Crippen molar-refractivity contribution in [3.63, 3.8) is 0 Å². The zero-order valence-electron chi connectivity index (χ0n) is 15.3. The zero-order valence-corrected chi connectivity index (χ0v) is 16.1. The maximum Gasteiger partial charge on any atom is 0.266 e. The molecule has 1 heterocycles. The summed E-state index contributed by atoms with van der Waals surface area (Å²) >= 11 is 5.88. The average Bonchev–Trinajstić information content (AvgIpc) is 3.12. The maximum absolute atomic E-state index is 12.8. The number of hydrogen-bond donors (Lipinski definition) is 0. The number of hydrogen-bond acceptors (Lipinski definition) is 5. The minimum atomic E-state index is -1.06. The molecular weight excluding hydrogens is 366 g/mol. The second-order valence-corrected chi connectivity index (χ2v) is 7.03. The molecule has 7 heteroatoms. The van der Waals surface area contributed by atoms with Crippen molar-refractivity contribution in [1.82, 2.24) is 15.1 Å². The van der Waals surface area contributed by atoms with Crippen LogP contribution < -0.4 is 4.74 Å². The number of benzene rings is 2. The molecule has 27 heavy (non-hydrogen) atoms. The number of carbonyl (C=O) groups excluding carboxylic acids is 1. The van der Waals surface area contributed by atoms with Gasteiger partial charge in [0.2, 0.25) is 11.8 Å². The van der Waals surface area contributed by atoms with Crippen LogP contribution in [-0.4, -0.2) is 33.7 Å². The molecule has 0 radical (unpaired) electrons. The van der Waals surface area contributed by atoms with E-state index in [0.717, 1.165) is 5.56 Å². The minimum absolute atomic E-state index is 0.187. The summed E-state index contributed by atoms with van der Waals surface area (Å²) in [5.41, 5.74) is -0.234. The third-order valence-electron chi connectivity index (χ3n) is 3.91.